The molecular weight excluding hydrogens is 406 g/mol. The van der Waals surface area contributed by atoms with Crippen LogP contribution in [0.1, 0.15) is 54.5 Å². The lowest BCUT2D eigenvalue weighted by molar-refractivity contribution is -0.140. The molecule has 3 rings (SSSR count). The second-order valence-electron chi connectivity index (χ2n) is 8.31. The number of nitrogens with zero attached hydrogens (tertiary/aromatic N) is 1. The van der Waals surface area contributed by atoms with Crippen molar-refractivity contribution in [3.05, 3.63) is 70.3 Å². The van der Waals surface area contributed by atoms with Crippen molar-refractivity contribution in [2.45, 2.75) is 39.2 Å². The van der Waals surface area contributed by atoms with Gasteiger partial charge in [0, 0.05) is 25.8 Å². The van der Waals surface area contributed by atoms with Crippen LogP contribution in [-0.4, -0.2) is 49.1 Å². The summed E-state index contributed by atoms with van der Waals surface area (Å²) in [5.41, 5.74) is 3.11. The van der Waals surface area contributed by atoms with Crippen molar-refractivity contribution in [3.8, 4) is 5.75 Å². The predicted octanol–water partition coefficient (Wildman–Crippen LogP) is 4.59. The van der Waals surface area contributed by atoms with Gasteiger partial charge in [-0.2, -0.15) is 0 Å². The van der Waals surface area contributed by atoms with E-state index in [0.29, 0.717) is 25.1 Å². The lowest BCUT2D eigenvalue weighted by Gasteiger charge is -2.25. The lowest BCUT2D eigenvalue weighted by Crippen LogP contribution is -2.31. The highest BCUT2D eigenvalue weighted by Gasteiger charge is 2.45. The average Bonchev–Trinajstić information content (AvgIpc) is 3.04. The first kappa shape index (κ1) is 23.5. The van der Waals surface area contributed by atoms with Crippen molar-refractivity contribution in [2.75, 3.05) is 27.4 Å². The zero-order valence-electron chi connectivity index (χ0n) is 19.3. The van der Waals surface area contributed by atoms with Crippen LogP contribution >= 0.6 is 0 Å². The Balaban J connectivity index is 2.19. The molecule has 1 atom stereocenters. The molecule has 1 aliphatic rings. The molecule has 6 nitrogen and oxygen atoms in total. The Morgan fingerprint density at radius 2 is 1.81 bits per heavy atom. The third-order valence-electron chi connectivity index (χ3n) is 5.86. The molecule has 1 N–H and O–H groups in total. The van der Waals surface area contributed by atoms with Gasteiger partial charge in [0.15, 0.2) is 0 Å². The largest absolute Gasteiger partial charge is 0.507 e. The Hall–Kier alpha value is -3.12. The highest BCUT2D eigenvalue weighted by molar-refractivity contribution is 6.46. The quantitative estimate of drug-likeness (QED) is 0.283. The monoisotopic (exact) mass is 437 g/mol. The van der Waals surface area contributed by atoms with Gasteiger partial charge in [-0.3, -0.25) is 9.59 Å². The predicted molar refractivity (Wildman–Crippen MR) is 124 cm³/mol. The van der Waals surface area contributed by atoms with E-state index in [9.17, 15) is 14.7 Å². The normalized spacial score (nSPS) is 17.9. The Morgan fingerprint density at radius 3 is 2.41 bits per heavy atom. The molecule has 32 heavy (non-hydrogen) atoms. The summed E-state index contributed by atoms with van der Waals surface area (Å²) >= 11 is 0. The smallest absolute Gasteiger partial charge is 0.295 e. The van der Waals surface area contributed by atoms with E-state index in [4.69, 9.17) is 9.47 Å². The molecule has 0 saturated carbocycles. The van der Waals surface area contributed by atoms with Crippen LogP contribution in [0.4, 0.5) is 0 Å². The summed E-state index contributed by atoms with van der Waals surface area (Å²) in [5.74, 6) is -0.553. The fourth-order valence-electron chi connectivity index (χ4n) is 4.20. The van der Waals surface area contributed by atoms with E-state index in [1.807, 2.05) is 63.2 Å². The maximum Gasteiger partial charge on any atom is 0.295 e. The van der Waals surface area contributed by atoms with Crippen LogP contribution in [0.3, 0.4) is 0 Å². The van der Waals surface area contributed by atoms with E-state index in [0.717, 1.165) is 22.4 Å². The van der Waals surface area contributed by atoms with Crippen molar-refractivity contribution in [3.63, 3.8) is 0 Å². The molecule has 0 bridgehead atoms. The first-order valence-corrected chi connectivity index (χ1v) is 10.8. The zero-order chi connectivity index (χ0) is 23.4. The number of rotatable bonds is 8. The summed E-state index contributed by atoms with van der Waals surface area (Å²) in [6.45, 7) is 6.76. The molecule has 2 aromatic carbocycles. The number of aryl methyl sites for hydroxylation is 1. The van der Waals surface area contributed by atoms with Gasteiger partial charge < -0.3 is 19.5 Å². The van der Waals surface area contributed by atoms with E-state index in [1.165, 1.54) is 4.90 Å². The number of Topliss-reactive ketones (excluding diaryl/α,β-unsaturated/α-hetero) is 1. The van der Waals surface area contributed by atoms with Crippen molar-refractivity contribution >= 4 is 17.4 Å². The van der Waals surface area contributed by atoms with Crippen LogP contribution in [-0.2, 0) is 14.3 Å². The number of hydrogen-bond acceptors (Lipinski definition) is 5. The number of likely N-dealkylation sites (tertiary alicyclic amines) is 1. The minimum atomic E-state index is -0.671. The molecule has 1 saturated heterocycles. The van der Waals surface area contributed by atoms with Gasteiger partial charge in [-0.15, -0.1) is 0 Å². The molecule has 1 unspecified atom stereocenters. The summed E-state index contributed by atoms with van der Waals surface area (Å²) < 4.78 is 10.6. The van der Waals surface area contributed by atoms with Gasteiger partial charge in [-0.25, -0.2) is 0 Å². The van der Waals surface area contributed by atoms with Gasteiger partial charge in [0.1, 0.15) is 11.5 Å². The van der Waals surface area contributed by atoms with Gasteiger partial charge in [0.2, 0.25) is 0 Å². The van der Waals surface area contributed by atoms with E-state index < -0.39 is 17.7 Å². The van der Waals surface area contributed by atoms with Gasteiger partial charge >= 0.3 is 0 Å². The molecule has 1 aliphatic heterocycles. The van der Waals surface area contributed by atoms with E-state index in [1.54, 1.807) is 14.2 Å². The van der Waals surface area contributed by atoms with Gasteiger partial charge in [-0.05, 0) is 48.1 Å². The standard InChI is InChI=1S/C26H31NO5/c1-16(2)19-15-20(17(3)14-21(19)32-5)24(28)22-23(18-10-7-6-8-11-18)27(12-9-13-31-4)26(30)25(22)29/h6-8,10-11,14-16,23,28H,9,12-13H2,1-5H3/b24-22+. The molecule has 170 valence electrons. The van der Waals surface area contributed by atoms with E-state index in [2.05, 4.69) is 0 Å². The van der Waals surface area contributed by atoms with Crippen LogP contribution < -0.4 is 4.74 Å². The molecule has 1 amide bonds. The first-order valence-electron chi connectivity index (χ1n) is 10.8. The summed E-state index contributed by atoms with van der Waals surface area (Å²) in [5, 5.41) is 11.4. The first-order chi connectivity index (χ1) is 15.3. The third-order valence-corrected chi connectivity index (χ3v) is 5.86. The molecular formula is C26H31NO5. The molecule has 1 heterocycles. The summed E-state index contributed by atoms with van der Waals surface area (Å²) in [4.78, 5) is 27.6. The number of amides is 1. The summed E-state index contributed by atoms with van der Waals surface area (Å²) in [6, 6.07) is 12.4. The van der Waals surface area contributed by atoms with E-state index in [-0.39, 0.29) is 17.3 Å². The van der Waals surface area contributed by atoms with Crippen molar-refractivity contribution in [2.24, 2.45) is 0 Å². The zero-order valence-corrected chi connectivity index (χ0v) is 19.3. The number of hydrogen-bond donors (Lipinski definition) is 1. The Bertz CT molecular complexity index is 1030. The minimum Gasteiger partial charge on any atom is -0.507 e. The Labute approximate surface area is 189 Å². The maximum atomic E-state index is 13.1. The Morgan fingerprint density at radius 1 is 1.12 bits per heavy atom. The van der Waals surface area contributed by atoms with E-state index >= 15 is 0 Å². The van der Waals surface area contributed by atoms with Crippen LogP contribution in [0.2, 0.25) is 0 Å². The average molecular weight is 438 g/mol. The molecule has 0 spiro atoms. The number of aliphatic hydroxyl groups excluding tert-OH is 1. The minimum absolute atomic E-state index is 0.113. The van der Waals surface area contributed by atoms with Gasteiger partial charge in [-0.1, -0.05) is 44.2 Å². The summed E-state index contributed by atoms with van der Waals surface area (Å²) in [7, 11) is 3.21. The number of benzene rings is 2. The van der Waals surface area contributed by atoms with Crippen molar-refractivity contribution < 1.29 is 24.2 Å². The highest BCUT2D eigenvalue weighted by Crippen LogP contribution is 2.41. The number of ketones is 1. The molecule has 2 aromatic rings. The number of aliphatic hydroxyl groups is 1. The molecule has 0 aliphatic carbocycles. The van der Waals surface area contributed by atoms with Gasteiger partial charge in [0.25, 0.3) is 11.7 Å². The van der Waals surface area contributed by atoms with Gasteiger partial charge in [0.05, 0.1) is 18.7 Å². The Kier molecular flexibility index (Phi) is 7.36. The fraction of sp³-hybridized carbons (Fsp3) is 0.385. The van der Waals surface area contributed by atoms with Crippen LogP contribution in [0, 0.1) is 6.92 Å². The third kappa shape index (κ3) is 4.41. The second-order valence-corrected chi connectivity index (χ2v) is 8.31. The topological polar surface area (TPSA) is 76.1 Å². The van der Waals surface area contributed by atoms with Crippen molar-refractivity contribution in [1.82, 2.24) is 4.90 Å². The lowest BCUT2D eigenvalue weighted by atomic mass is 9.91. The SMILES string of the molecule is COCCCN1C(=O)C(=O)/C(=C(/O)c2cc(C(C)C)c(OC)cc2C)C1c1ccccc1. The molecule has 0 radical (unpaired) electrons. The van der Waals surface area contributed by atoms with Crippen LogP contribution in [0.25, 0.3) is 5.76 Å². The number of ether oxygens (including phenoxy) is 2. The molecule has 0 aromatic heterocycles. The number of methoxy groups -OCH3 is 2. The fourth-order valence-corrected chi connectivity index (χ4v) is 4.20. The van der Waals surface area contributed by atoms with Crippen molar-refractivity contribution in [1.29, 1.82) is 0 Å². The number of carbonyl (C=O) groups is 2. The molecule has 6 heteroatoms. The molecule has 1 fully saturated rings. The maximum absolute atomic E-state index is 13.1. The number of carbonyl (C=O) groups excluding carboxylic acids is 2. The summed E-state index contributed by atoms with van der Waals surface area (Å²) in [6.07, 6.45) is 0.589. The van der Waals surface area contributed by atoms with Crippen LogP contribution in [0.5, 0.6) is 5.75 Å². The second kappa shape index (κ2) is 10.0. The van der Waals surface area contributed by atoms with Crippen LogP contribution in [0.15, 0.2) is 48.0 Å². The highest BCUT2D eigenvalue weighted by atomic mass is 16.5.